The highest BCUT2D eigenvalue weighted by molar-refractivity contribution is 6.32. The third-order valence-corrected chi connectivity index (χ3v) is 6.10. The number of esters is 3. The minimum atomic E-state index is -1.46. The van der Waals surface area contributed by atoms with Gasteiger partial charge in [0.2, 0.25) is 0 Å². The van der Waals surface area contributed by atoms with E-state index >= 15 is 0 Å². The molecule has 7 nitrogen and oxygen atoms in total. The van der Waals surface area contributed by atoms with Gasteiger partial charge in [0.05, 0.1) is 25.2 Å². The molecule has 2 aromatic rings. The van der Waals surface area contributed by atoms with Gasteiger partial charge in [-0.3, -0.25) is 19.7 Å². The van der Waals surface area contributed by atoms with Gasteiger partial charge in [0, 0.05) is 12.5 Å². The number of hydrogen-bond donors (Lipinski definition) is 1. The molecule has 0 amide bonds. The predicted octanol–water partition coefficient (Wildman–Crippen LogP) is 2.46. The van der Waals surface area contributed by atoms with Crippen LogP contribution in [0.15, 0.2) is 48.5 Å². The van der Waals surface area contributed by atoms with E-state index in [1.54, 1.807) is 18.2 Å². The number of nitrogens with one attached hydrogen (secondary N) is 1. The summed E-state index contributed by atoms with van der Waals surface area (Å²) < 4.78 is 15.2. The van der Waals surface area contributed by atoms with Crippen LogP contribution in [0.4, 0.5) is 0 Å². The average Bonchev–Trinajstić information content (AvgIpc) is 3.25. The molecular weight excluding hydrogens is 410 g/mol. The van der Waals surface area contributed by atoms with E-state index in [-0.39, 0.29) is 6.42 Å². The number of rotatable bonds is 5. The number of ether oxygens (including phenoxy) is 3. The van der Waals surface area contributed by atoms with Crippen LogP contribution >= 0.6 is 11.6 Å². The van der Waals surface area contributed by atoms with Crippen LogP contribution in [0.5, 0.6) is 5.75 Å². The molecule has 2 aliphatic heterocycles. The maximum Gasteiger partial charge on any atom is 0.327 e. The lowest BCUT2D eigenvalue weighted by atomic mass is 9.76. The molecule has 4 rings (SSSR count). The number of carbonyl (C=O) groups is 3. The van der Waals surface area contributed by atoms with Gasteiger partial charge in [-0.05, 0) is 23.3 Å². The number of methoxy groups -OCH3 is 2. The lowest BCUT2D eigenvalue weighted by Crippen LogP contribution is -2.56. The van der Waals surface area contributed by atoms with E-state index in [1.165, 1.54) is 14.2 Å². The molecule has 1 N–H and O–H groups in total. The summed E-state index contributed by atoms with van der Waals surface area (Å²) in [5, 5.41) is 3.60. The van der Waals surface area contributed by atoms with Gasteiger partial charge in [0.1, 0.15) is 17.2 Å². The van der Waals surface area contributed by atoms with Gasteiger partial charge < -0.3 is 14.2 Å². The van der Waals surface area contributed by atoms with Crippen LogP contribution in [0.3, 0.4) is 0 Å². The molecule has 0 bridgehead atoms. The Morgan fingerprint density at radius 2 is 1.87 bits per heavy atom. The van der Waals surface area contributed by atoms with E-state index in [2.05, 4.69) is 5.32 Å². The molecule has 2 fully saturated rings. The molecule has 8 heteroatoms. The summed E-state index contributed by atoms with van der Waals surface area (Å²) in [5.74, 6) is -3.47. The van der Waals surface area contributed by atoms with Crippen LogP contribution in [-0.2, 0) is 30.3 Å². The largest absolute Gasteiger partial charge is 0.495 e. The van der Waals surface area contributed by atoms with Crippen molar-refractivity contribution in [1.29, 1.82) is 0 Å². The number of benzene rings is 2. The van der Waals surface area contributed by atoms with E-state index < -0.39 is 41.3 Å². The molecular formula is C22H20ClNO6. The van der Waals surface area contributed by atoms with Crippen LogP contribution in [-0.4, -0.2) is 37.7 Å². The lowest BCUT2D eigenvalue weighted by molar-refractivity contribution is -0.160. The van der Waals surface area contributed by atoms with Crippen molar-refractivity contribution >= 4 is 29.5 Å². The van der Waals surface area contributed by atoms with Crippen LogP contribution in [0.1, 0.15) is 17.2 Å². The maximum atomic E-state index is 13.0. The highest BCUT2D eigenvalue weighted by Crippen LogP contribution is 2.50. The van der Waals surface area contributed by atoms with Crippen molar-refractivity contribution in [3.63, 3.8) is 0 Å². The number of carbonyl (C=O) groups excluding carboxylic acids is 3. The van der Waals surface area contributed by atoms with Gasteiger partial charge in [-0.15, -0.1) is 0 Å². The molecule has 0 saturated carbocycles. The molecule has 0 aliphatic carbocycles. The SMILES string of the molecule is COC(=O)[C@@]1(Cc2ccccc2)N[C@H](c2ccc(OC)c(Cl)c2)[C@H]2C(=O)OC(=O)[C@H]21. The number of fused-ring (bicyclic) bond motifs is 1. The minimum absolute atomic E-state index is 0.157. The minimum Gasteiger partial charge on any atom is -0.495 e. The highest BCUT2D eigenvalue weighted by Gasteiger charge is 2.68. The van der Waals surface area contributed by atoms with Gasteiger partial charge in [-0.25, -0.2) is 0 Å². The zero-order valence-corrected chi connectivity index (χ0v) is 17.1. The maximum absolute atomic E-state index is 13.0. The standard InChI is InChI=1S/C22H20ClNO6/c1-28-15-9-8-13(10-14(15)23)18-16-17(20(26)30-19(16)25)22(24-18,21(27)29-2)11-12-6-4-3-5-7-12/h3-10,16-18,24H,11H2,1-2H3/t16-,17-,18+,22-/m0/s1. The van der Waals surface area contributed by atoms with Crippen LogP contribution in [0.2, 0.25) is 5.02 Å². The zero-order chi connectivity index (χ0) is 21.5. The van der Waals surface area contributed by atoms with Crippen molar-refractivity contribution in [1.82, 2.24) is 5.32 Å². The van der Waals surface area contributed by atoms with Gasteiger partial charge >= 0.3 is 17.9 Å². The van der Waals surface area contributed by atoms with Crippen LogP contribution < -0.4 is 10.1 Å². The third-order valence-electron chi connectivity index (χ3n) is 5.80. The zero-order valence-electron chi connectivity index (χ0n) is 16.4. The van der Waals surface area contributed by atoms with Crippen LogP contribution in [0.25, 0.3) is 0 Å². The smallest absolute Gasteiger partial charge is 0.327 e. The Morgan fingerprint density at radius 1 is 1.13 bits per heavy atom. The Balaban J connectivity index is 1.82. The van der Waals surface area contributed by atoms with E-state index in [0.717, 1.165) is 5.56 Å². The van der Waals surface area contributed by atoms with Crippen molar-refractivity contribution in [2.24, 2.45) is 11.8 Å². The van der Waals surface area contributed by atoms with E-state index in [0.29, 0.717) is 16.3 Å². The van der Waals surface area contributed by atoms with Gasteiger partial charge in [0.25, 0.3) is 0 Å². The third kappa shape index (κ3) is 3.14. The van der Waals surface area contributed by atoms with Crippen molar-refractivity contribution in [3.8, 4) is 5.75 Å². The van der Waals surface area contributed by atoms with Crippen LogP contribution in [0, 0.1) is 11.8 Å². The highest BCUT2D eigenvalue weighted by atomic mass is 35.5. The summed E-state index contributed by atoms with van der Waals surface area (Å²) >= 11 is 6.28. The molecule has 0 unspecified atom stereocenters. The van der Waals surface area contributed by atoms with E-state index in [1.807, 2.05) is 30.3 Å². The quantitative estimate of drug-likeness (QED) is 0.576. The Kier molecular flexibility index (Phi) is 5.26. The summed E-state index contributed by atoms with van der Waals surface area (Å²) in [4.78, 5) is 38.3. The molecule has 0 radical (unpaired) electrons. The summed E-state index contributed by atoms with van der Waals surface area (Å²) in [7, 11) is 2.76. The van der Waals surface area contributed by atoms with Gasteiger partial charge in [0.15, 0.2) is 0 Å². The fraction of sp³-hybridized carbons (Fsp3) is 0.318. The first-order chi connectivity index (χ1) is 14.4. The topological polar surface area (TPSA) is 90.9 Å². The Morgan fingerprint density at radius 3 is 2.50 bits per heavy atom. The second kappa shape index (κ2) is 7.74. The van der Waals surface area contributed by atoms with E-state index in [4.69, 9.17) is 25.8 Å². The monoisotopic (exact) mass is 429 g/mol. The van der Waals surface area contributed by atoms with Gasteiger partial charge in [-0.2, -0.15) is 0 Å². The summed E-state index contributed by atoms with van der Waals surface area (Å²) in [6, 6.07) is 13.6. The molecule has 0 aromatic heterocycles. The first-order valence-corrected chi connectivity index (χ1v) is 9.78. The molecule has 2 saturated heterocycles. The first-order valence-electron chi connectivity index (χ1n) is 9.40. The fourth-order valence-electron chi connectivity index (χ4n) is 4.49. The van der Waals surface area contributed by atoms with Crippen molar-refractivity contribution in [3.05, 3.63) is 64.7 Å². The molecule has 4 atom stereocenters. The Labute approximate surface area is 178 Å². The molecule has 2 aliphatic rings. The number of hydrogen-bond acceptors (Lipinski definition) is 7. The molecule has 2 heterocycles. The summed E-state index contributed by atoms with van der Waals surface area (Å²) in [6.45, 7) is 0. The predicted molar refractivity (Wildman–Crippen MR) is 107 cm³/mol. The second-order valence-electron chi connectivity index (χ2n) is 7.38. The molecule has 156 valence electrons. The normalized spacial score (nSPS) is 27.5. The first kappa shape index (κ1) is 20.4. The second-order valence-corrected chi connectivity index (χ2v) is 7.79. The van der Waals surface area contributed by atoms with E-state index in [9.17, 15) is 14.4 Å². The lowest BCUT2D eigenvalue weighted by Gasteiger charge is -2.31. The summed E-state index contributed by atoms with van der Waals surface area (Å²) in [6.07, 6.45) is 0.157. The fourth-order valence-corrected chi connectivity index (χ4v) is 4.76. The summed E-state index contributed by atoms with van der Waals surface area (Å²) in [5.41, 5.74) is -0.00263. The Bertz CT molecular complexity index is 1010. The molecule has 30 heavy (non-hydrogen) atoms. The Hall–Kier alpha value is -2.90. The average molecular weight is 430 g/mol. The van der Waals surface area contributed by atoms with Crippen molar-refractivity contribution in [2.75, 3.05) is 14.2 Å². The van der Waals surface area contributed by atoms with Crippen molar-refractivity contribution < 1.29 is 28.6 Å². The van der Waals surface area contributed by atoms with Gasteiger partial charge in [-0.1, -0.05) is 48.0 Å². The number of halogens is 1. The van der Waals surface area contributed by atoms with Crippen molar-refractivity contribution in [2.45, 2.75) is 18.0 Å². The molecule has 2 aromatic carbocycles. The number of cyclic esters (lactones) is 2. The molecule has 0 spiro atoms.